The molecule has 0 atom stereocenters. The van der Waals surface area contributed by atoms with E-state index in [0.29, 0.717) is 57.6 Å². The zero-order valence-electron chi connectivity index (χ0n) is 13.8. The van der Waals surface area contributed by atoms with Crippen molar-refractivity contribution in [2.75, 3.05) is 44.2 Å². The fraction of sp³-hybridized carbons (Fsp3) is 0.600. The van der Waals surface area contributed by atoms with Gasteiger partial charge in [0.05, 0.1) is 6.61 Å². The number of carbonyl (C=O) groups excluding carboxylic acids is 1. The van der Waals surface area contributed by atoms with Crippen LogP contribution in [-0.4, -0.2) is 71.3 Å². The summed E-state index contributed by atoms with van der Waals surface area (Å²) in [5.74, 6) is 0.288. The van der Waals surface area contributed by atoms with Crippen LogP contribution in [0.2, 0.25) is 0 Å². The Hall–Kier alpha value is -2.58. The Morgan fingerprint density at radius 3 is 2.75 bits per heavy atom. The molecule has 0 radical (unpaired) electrons. The molecule has 2 heterocycles. The van der Waals surface area contributed by atoms with E-state index in [2.05, 4.69) is 15.3 Å². The van der Waals surface area contributed by atoms with Crippen molar-refractivity contribution in [2.24, 2.45) is 0 Å². The third kappa shape index (κ3) is 5.25. The first-order valence-electron chi connectivity index (χ1n) is 8.05. The Kier molecular flexibility index (Phi) is 6.59. The maximum absolute atomic E-state index is 12.0. The van der Waals surface area contributed by atoms with Crippen LogP contribution >= 0.6 is 0 Å². The Labute approximate surface area is 140 Å². The second kappa shape index (κ2) is 8.90. The Morgan fingerprint density at radius 1 is 1.33 bits per heavy atom. The number of piperazine rings is 1. The van der Waals surface area contributed by atoms with Gasteiger partial charge in [-0.25, -0.2) is 9.78 Å². The SMILES string of the molecule is CCOc1ccnc(N2CCN(C(=O)NCCCC(=O)O)CC2)n1. The van der Waals surface area contributed by atoms with Gasteiger partial charge >= 0.3 is 12.0 Å². The highest BCUT2D eigenvalue weighted by Gasteiger charge is 2.22. The highest BCUT2D eigenvalue weighted by molar-refractivity contribution is 5.74. The van der Waals surface area contributed by atoms with Crippen molar-refractivity contribution < 1.29 is 19.4 Å². The number of nitrogens with zero attached hydrogens (tertiary/aromatic N) is 4. The van der Waals surface area contributed by atoms with Crippen LogP contribution in [0.3, 0.4) is 0 Å². The van der Waals surface area contributed by atoms with Crippen molar-refractivity contribution >= 4 is 17.9 Å². The Balaban J connectivity index is 1.77. The maximum Gasteiger partial charge on any atom is 0.317 e. The van der Waals surface area contributed by atoms with Crippen LogP contribution in [0, 0.1) is 0 Å². The van der Waals surface area contributed by atoms with Crippen LogP contribution < -0.4 is 15.0 Å². The van der Waals surface area contributed by atoms with Gasteiger partial charge in [0.1, 0.15) is 0 Å². The molecular weight excluding hydrogens is 314 g/mol. The number of nitrogens with one attached hydrogen (secondary N) is 1. The summed E-state index contributed by atoms with van der Waals surface area (Å²) in [4.78, 5) is 34.8. The van der Waals surface area contributed by atoms with Gasteiger partial charge in [0.2, 0.25) is 11.8 Å². The van der Waals surface area contributed by atoms with Crippen LogP contribution in [0.5, 0.6) is 5.88 Å². The first-order valence-corrected chi connectivity index (χ1v) is 8.05. The normalized spacial score (nSPS) is 14.4. The zero-order chi connectivity index (χ0) is 17.4. The van der Waals surface area contributed by atoms with E-state index in [4.69, 9.17) is 9.84 Å². The third-order valence-electron chi connectivity index (χ3n) is 3.60. The summed E-state index contributed by atoms with van der Waals surface area (Å²) in [5.41, 5.74) is 0. The number of anilines is 1. The number of urea groups is 1. The van der Waals surface area contributed by atoms with Crippen molar-refractivity contribution in [3.63, 3.8) is 0 Å². The van der Waals surface area contributed by atoms with E-state index in [1.165, 1.54) is 0 Å². The van der Waals surface area contributed by atoms with Gasteiger partial charge in [-0.05, 0) is 13.3 Å². The molecule has 0 aliphatic carbocycles. The van der Waals surface area contributed by atoms with Crippen molar-refractivity contribution in [3.05, 3.63) is 12.3 Å². The first-order chi connectivity index (χ1) is 11.6. The lowest BCUT2D eigenvalue weighted by Gasteiger charge is -2.34. The molecule has 24 heavy (non-hydrogen) atoms. The van der Waals surface area contributed by atoms with Gasteiger partial charge < -0.3 is 25.0 Å². The number of rotatable bonds is 7. The van der Waals surface area contributed by atoms with Crippen LogP contribution in [0.25, 0.3) is 0 Å². The summed E-state index contributed by atoms with van der Waals surface area (Å²) in [6, 6.07) is 1.55. The summed E-state index contributed by atoms with van der Waals surface area (Å²) >= 11 is 0. The standard InChI is InChI=1S/C15H23N5O4/c1-2-24-12-5-7-16-14(18-12)19-8-10-20(11-9-19)15(23)17-6-3-4-13(21)22/h5,7H,2-4,6,8-11H2,1H3,(H,17,23)(H,21,22). The van der Waals surface area contributed by atoms with Gasteiger partial charge in [-0.2, -0.15) is 4.98 Å². The van der Waals surface area contributed by atoms with Gasteiger partial charge in [-0.15, -0.1) is 0 Å². The minimum absolute atomic E-state index is 0.0571. The number of amides is 2. The Morgan fingerprint density at radius 2 is 2.08 bits per heavy atom. The predicted molar refractivity (Wildman–Crippen MR) is 87.3 cm³/mol. The summed E-state index contributed by atoms with van der Waals surface area (Å²) < 4.78 is 5.37. The molecule has 1 saturated heterocycles. The van der Waals surface area contributed by atoms with E-state index in [0.717, 1.165) is 0 Å². The van der Waals surface area contributed by atoms with Gasteiger partial charge in [-0.1, -0.05) is 0 Å². The molecule has 1 aliphatic rings. The van der Waals surface area contributed by atoms with Gasteiger partial charge in [0.25, 0.3) is 0 Å². The van der Waals surface area contributed by atoms with Crippen molar-refractivity contribution in [1.82, 2.24) is 20.2 Å². The van der Waals surface area contributed by atoms with Gasteiger partial charge in [0.15, 0.2) is 0 Å². The molecule has 2 amide bonds. The molecule has 0 spiro atoms. The summed E-state index contributed by atoms with van der Waals surface area (Å²) in [7, 11) is 0. The monoisotopic (exact) mass is 337 g/mol. The highest BCUT2D eigenvalue weighted by Crippen LogP contribution is 2.14. The van der Waals surface area contributed by atoms with E-state index < -0.39 is 5.97 Å². The van der Waals surface area contributed by atoms with E-state index in [9.17, 15) is 9.59 Å². The van der Waals surface area contributed by atoms with E-state index in [1.807, 2.05) is 11.8 Å². The van der Waals surface area contributed by atoms with Crippen LogP contribution in [0.4, 0.5) is 10.7 Å². The molecule has 2 rings (SSSR count). The average molecular weight is 337 g/mol. The first kappa shape index (κ1) is 17.8. The number of hydrogen-bond donors (Lipinski definition) is 2. The van der Waals surface area contributed by atoms with E-state index in [-0.39, 0.29) is 12.5 Å². The number of aliphatic carboxylic acids is 1. The quantitative estimate of drug-likeness (QED) is 0.700. The highest BCUT2D eigenvalue weighted by atomic mass is 16.5. The number of hydrogen-bond acceptors (Lipinski definition) is 6. The zero-order valence-corrected chi connectivity index (χ0v) is 13.8. The van der Waals surface area contributed by atoms with Crippen molar-refractivity contribution in [1.29, 1.82) is 0 Å². The van der Waals surface area contributed by atoms with Crippen molar-refractivity contribution in [3.8, 4) is 5.88 Å². The van der Waals surface area contributed by atoms with E-state index in [1.54, 1.807) is 17.2 Å². The molecule has 0 aromatic carbocycles. The fourth-order valence-corrected chi connectivity index (χ4v) is 2.37. The molecule has 1 aromatic rings. The predicted octanol–water partition coefficient (Wildman–Crippen LogP) is 0.572. The molecular formula is C15H23N5O4. The smallest absolute Gasteiger partial charge is 0.317 e. The van der Waals surface area contributed by atoms with Crippen LogP contribution in [-0.2, 0) is 4.79 Å². The number of ether oxygens (including phenoxy) is 1. The lowest BCUT2D eigenvalue weighted by molar-refractivity contribution is -0.137. The maximum atomic E-state index is 12.0. The molecule has 1 fully saturated rings. The van der Waals surface area contributed by atoms with Crippen molar-refractivity contribution in [2.45, 2.75) is 19.8 Å². The molecule has 2 N–H and O–H groups in total. The number of carboxylic acid groups (broad SMARTS) is 1. The average Bonchev–Trinajstić information content (AvgIpc) is 2.59. The fourth-order valence-electron chi connectivity index (χ4n) is 2.37. The Bertz CT molecular complexity index is 561. The summed E-state index contributed by atoms with van der Waals surface area (Å²) in [5, 5.41) is 11.3. The molecule has 0 bridgehead atoms. The number of carboxylic acids is 1. The minimum Gasteiger partial charge on any atom is -0.481 e. The second-order valence-corrected chi connectivity index (χ2v) is 5.33. The molecule has 9 heteroatoms. The third-order valence-corrected chi connectivity index (χ3v) is 3.60. The number of aromatic nitrogens is 2. The van der Waals surface area contributed by atoms with Gasteiger partial charge in [0, 0.05) is 51.4 Å². The van der Waals surface area contributed by atoms with Gasteiger partial charge in [-0.3, -0.25) is 4.79 Å². The van der Waals surface area contributed by atoms with Crippen LogP contribution in [0.15, 0.2) is 12.3 Å². The molecule has 132 valence electrons. The molecule has 1 aromatic heterocycles. The number of carbonyl (C=O) groups is 2. The largest absolute Gasteiger partial charge is 0.481 e. The lowest BCUT2D eigenvalue weighted by Crippen LogP contribution is -2.52. The summed E-state index contributed by atoms with van der Waals surface area (Å²) in [6.07, 6.45) is 2.15. The molecule has 0 unspecified atom stereocenters. The lowest BCUT2D eigenvalue weighted by atomic mass is 10.3. The molecule has 1 aliphatic heterocycles. The summed E-state index contributed by atoms with van der Waals surface area (Å²) in [6.45, 7) is 5.21. The van der Waals surface area contributed by atoms with Crippen LogP contribution in [0.1, 0.15) is 19.8 Å². The minimum atomic E-state index is -0.854. The second-order valence-electron chi connectivity index (χ2n) is 5.33. The molecule has 0 saturated carbocycles. The molecule has 9 nitrogen and oxygen atoms in total. The van der Waals surface area contributed by atoms with E-state index >= 15 is 0 Å². The topological polar surface area (TPSA) is 108 Å².